The number of hydrogen-bond acceptors (Lipinski definition) is 6. The van der Waals surface area contributed by atoms with Crippen LogP contribution >= 0.6 is 0 Å². The van der Waals surface area contributed by atoms with Crippen LogP contribution in [0.15, 0.2) is 54.7 Å². The molecule has 1 N–H and O–H groups in total. The third kappa shape index (κ3) is 6.45. The van der Waals surface area contributed by atoms with Gasteiger partial charge in [0, 0.05) is 56.6 Å². The molecule has 0 unspecified atom stereocenters. The Kier molecular flexibility index (Phi) is 9.12. The van der Waals surface area contributed by atoms with Gasteiger partial charge in [-0.05, 0) is 49.2 Å². The molecule has 2 aromatic carbocycles. The number of carbonyl (C=O) groups excluding carboxylic acids is 2. The average Bonchev–Trinajstić information content (AvgIpc) is 2.90. The fourth-order valence-electron chi connectivity index (χ4n) is 3.94. The number of aromatic nitrogens is 2. The summed E-state index contributed by atoms with van der Waals surface area (Å²) in [5.41, 5.74) is 4.64. The van der Waals surface area contributed by atoms with Crippen molar-refractivity contribution < 1.29 is 9.59 Å². The number of nitriles is 1. The van der Waals surface area contributed by atoms with Crippen molar-refractivity contribution in [2.24, 2.45) is 0 Å². The van der Waals surface area contributed by atoms with Crippen molar-refractivity contribution in [2.45, 2.75) is 26.7 Å². The van der Waals surface area contributed by atoms with Gasteiger partial charge in [0.2, 0.25) is 0 Å². The summed E-state index contributed by atoms with van der Waals surface area (Å²) >= 11 is 0. The molecule has 0 aliphatic rings. The third-order valence-electron chi connectivity index (χ3n) is 5.75. The standard InChI is InChI=1S/C28H32N6O2/c1-5-17-34(6-2)25-12-7-20(18-23(25)28(36)33(3)4)19-26-30-15-13-24(32-26)21-8-10-22(11-9-21)27(35)31-16-14-29/h7-13,15,18H,5-6,16-17,19H2,1-4H3,(H,31,35). The minimum absolute atomic E-state index is 0.0324. The summed E-state index contributed by atoms with van der Waals surface area (Å²) < 4.78 is 0. The van der Waals surface area contributed by atoms with Gasteiger partial charge in [-0.15, -0.1) is 0 Å². The second kappa shape index (κ2) is 12.5. The topological polar surface area (TPSA) is 102 Å². The summed E-state index contributed by atoms with van der Waals surface area (Å²) in [6, 6.07) is 16.8. The summed E-state index contributed by atoms with van der Waals surface area (Å²) in [5, 5.41) is 11.2. The molecule has 8 nitrogen and oxygen atoms in total. The largest absolute Gasteiger partial charge is 0.371 e. The van der Waals surface area contributed by atoms with Gasteiger partial charge in [-0.25, -0.2) is 9.97 Å². The molecule has 0 fully saturated rings. The highest BCUT2D eigenvalue weighted by Gasteiger charge is 2.18. The first-order chi connectivity index (χ1) is 17.4. The molecule has 1 heterocycles. The summed E-state index contributed by atoms with van der Waals surface area (Å²) in [6.45, 7) is 5.90. The smallest absolute Gasteiger partial charge is 0.255 e. The normalized spacial score (nSPS) is 10.4. The first-order valence-corrected chi connectivity index (χ1v) is 12.0. The number of benzene rings is 2. The number of rotatable bonds is 10. The van der Waals surface area contributed by atoms with Gasteiger partial charge in [0.15, 0.2) is 0 Å². The summed E-state index contributed by atoms with van der Waals surface area (Å²) in [6.07, 6.45) is 3.19. The lowest BCUT2D eigenvalue weighted by Gasteiger charge is -2.26. The van der Waals surface area contributed by atoms with Crippen molar-refractivity contribution in [1.29, 1.82) is 5.26 Å². The number of nitrogens with one attached hydrogen (secondary N) is 1. The zero-order valence-electron chi connectivity index (χ0n) is 21.3. The van der Waals surface area contributed by atoms with E-state index in [1.807, 2.05) is 42.5 Å². The van der Waals surface area contributed by atoms with Gasteiger partial charge >= 0.3 is 0 Å². The molecule has 0 aliphatic heterocycles. The Morgan fingerprint density at radius 3 is 2.44 bits per heavy atom. The number of hydrogen-bond donors (Lipinski definition) is 1. The van der Waals surface area contributed by atoms with Crippen LogP contribution in [0.5, 0.6) is 0 Å². The van der Waals surface area contributed by atoms with Crippen LogP contribution in [-0.2, 0) is 6.42 Å². The van der Waals surface area contributed by atoms with Crippen LogP contribution in [-0.4, -0.2) is 60.4 Å². The second-order valence-corrected chi connectivity index (χ2v) is 8.58. The highest BCUT2D eigenvalue weighted by atomic mass is 16.2. The Balaban J connectivity index is 1.86. The Bertz CT molecular complexity index is 1250. The Morgan fingerprint density at radius 1 is 1.06 bits per heavy atom. The van der Waals surface area contributed by atoms with Crippen LogP contribution in [0.2, 0.25) is 0 Å². The van der Waals surface area contributed by atoms with E-state index in [-0.39, 0.29) is 18.4 Å². The van der Waals surface area contributed by atoms with Gasteiger partial charge in [0.05, 0.1) is 17.3 Å². The molecule has 0 atom stereocenters. The van der Waals surface area contributed by atoms with Crippen molar-refractivity contribution in [1.82, 2.24) is 20.2 Å². The maximum atomic E-state index is 13.0. The number of amides is 2. The molecule has 1 aromatic heterocycles. The lowest BCUT2D eigenvalue weighted by molar-refractivity contribution is 0.0827. The molecular weight excluding hydrogens is 452 g/mol. The van der Waals surface area contributed by atoms with Gasteiger partial charge in [0.1, 0.15) is 12.4 Å². The Hall–Kier alpha value is -4.25. The fraction of sp³-hybridized carbons (Fsp3) is 0.321. The van der Waals surface area contributed by atoms with E-state index in [1.54, 1.807) is 37.3 Å². The monoisotopic (exact) mass is 484 g/mol. The zero-order valence-corrected chi connectivity index (χ0v) is 21.3. The van der Waals surface area contributed by atoms with Crippen LogP contribution in [0.3, 0.4) is 0 Å². The molecule has 0 saturated heterocycles. The Morgan fingerprint density at radius 2 is 1.81 bits per heavy atom. The summed E-state index contributed by atoms with van der Waals surface area (Å²) in [7, 11) is 3.53. The van der Waals surface area contributed by atoms with E-state index in [4.69, 9.17) is 10.2 Å². The van der Waals surface area contributed by atoms with Gasteiger partial charge in [-0.3, -0.25) is 9.59 Å². The number of nitrogens with zero attached hydrogens (tertiary/aromatic N) is 5. The molecule has 0 aliphatic carbocycles. The van der Waals surface area contributed by atoms with Crippen LogP contribution < -0.4 is 10.2 Å². The van der Waals surface area contributed by atoms with E-state index in [1.165, 1.54) is 0 Å². The molecule has 0 saturated carbocycles. The molecule has 3 aromatic rings. The van der Waals surface area contributed by atoms with Crippen LogP contribution in [0.4, 0.5) is 5.69 Å². The van der Waals surface area contributed by atoms with E-state index < -0.39 is 0 Å². The minimum atomic E-state index is -0.293. The highest BCUT2D eigenvalue weighted by molar-refractivity contribution is 5.99. The molecule has 8 heteroatoms. The lowest BCUT2D eigenvalue weighted by atomic mass is 10.0. The van der Waals surface area contributed by atoms with Crippen molar-refractivity contribution in [2.75, 3.05) is 38.6 Å². The van der Waals surface area contributed by atoms with Crippen molar-refractivity contribution in [3.8, 4) is 17.3 Å². The SMILES string of the molecule is CCCN(CC)c1ccc(Cc2nccc(-c3ccc(C(=O)NCC#N)cc3)n2)cc1C(=O)N(C)C. The maximum Gasteiger partial charge on any atom is 0.255 e. The predicted octanol–water partition coefficient (Wildman–Crippen LogP) is 3.93. The van der Waals surface area contributed by atoms with E-state index in [0.29, 0.717) is 23.4 Å². The average molecular weight is 485 g/mol. The Labute approximate surface area is 212 Å². The van der Waals surface area contributed by atoms with Crippen LogP contribution in [0.25, 0.3) is 11.3 Å². The van der Waals surface area contributed by atoms with E-state index >= 15 is 0 Å². The van der Waals surface area contributed by atoms with Gasteiger partial charge < -0.3 is 15.1 Å². The number of carbonyl (C=O) groups is 2. The summed E-state index contributed by atoms with van der Waals surface area (Å²) in [4.78, 5) is 38.0. The fourth-order valence-corrected chi connectivity index (χ4v) is 3.94. The molecule has 3 rings (SSSR count). The first-order valence-electron chi connectivity index (χ1n) is 12.0. The molecule has 0 bridgehead atoms. The van der Waals surface area contributed by atoms with Crippen molar-refractivity contribution >= 4 is 17.5 Å². The summed E-state index contributed by atoms with van der Waals surface area (Å²) in [5.74, 6) is 0.314. The van der Waals surface area contributed by atoms with Gasteiger partial charge in [-0.1, -0.05) is 25.1 Å². The van der Waals surface area contributed by atoms with Crippen LogP contribution in [0, 0.1) is 11.3 Å². The van der Waals surface area contributed by atoms with Gasteiger partial charge in [-0.2, -0.15) is 5.26 Å². The van der Waals surface area contributed by atoms with E-state index in [0.717, 1.165) is 42.0 Å². The zero-order chi connectivity index (χ0) is 26.1. The molecule has 36 heavy (non-hydrogen) atoms. The molecule has 0 spiro atoms. The van der Waals surface area contributed by atoms with Crippen molar-refractivity contribution in [3.63, 3.8) is 0 Å². The van der Waals surface area contributed by atoms with E-state index in [9.17, 15) is 9.59 Å². The molecule has 0 radical (unpaired) electrons. The third-order valence-corrected chi connectivity index (χ3v) is 5.75. The molecular formula is C28H32N6O2. The predicted molar refractivity (Wildman–Crippen MR) is 141 cm³/mol. The maximum absolute atomic E-state index is 13.0. The number of anilines is 1. The quantitative estimate of drug-likeness (QED) is 0.438. The lowest BCUT2D eigenvalue weighted by Crippen LogP contribution is -2.29. The first kappa shape index (κ1) is 26.4. The van der Waals surface area contributed by atoms with Gasteiger partial charge in [0.25, 0.3) is 11.8 Å². The van der Waals surface area contributed by atoms with Crippen LogP contribution in [0.1, 0.15) is 52.4 Å². The molecule has 2 amide bonds. The second-order valence-electron chi connectivity index (χ2n) is 8.58. The minimum Gasteiger partial charge on any atom is -0.371 e. The molecule has 186 valence electrons. The highest BCUT2D eigenvalue weighted by Crippen LogP contribution is 2.25. The van der Waals surface area contributed by atoms with Crippen molar-refractivity contribution in [3.05, 3.63) is 77.2 Å². The van der Waals surface area contributed by atoms with E-state index in [2.05, 4.69) is 29.0 Å².